The van der Waals surface area contributed by atoms with E-state index in [1.807, 2.05) is 0 Å². The third-order valence-electron chi connectivity index (χ3n) is 4.09. The van der Waals surface area contributed by atoms with E-state index in [1.165, 1.54) is 18.2 Å². The minimum absolute atomic E-state index is 0.0177. The van der Waals surface area contributed by atoms with E-state index in [0.29, 0.717) is 11.5 Å². The van der Waals surface area contributed by atoms with Gasteiger partial charge in [0.05, 0.1) is 10.5 Å². The van der Waals surface area contributed by atoms with Crippen molar-refractivity contribution in [2.45, 2.75) is 50.5 Å². The maximum absolute atomic E-state index is 12.4. The average molecular weight is 311 g/mol. The maximum atomic E-state index is 12.4. The summed E-state index contributed by atoms with van der Waals surface area (Å²) < 4.78 is 27.4. The summed E-state index contributed by atoms with van der Waals surface area (Å²) in [5.74, 6) is -0.472. The number of aromatic carboxylic acids is 1. The van der Waals surface area contributed by atoms with Crippen LogP contribution in [0.1, 0.15) is 48.5 Å². The number of carboxylic acids is 1. The molecule has 1 aromatic carbocycles. The minimum Gasteiger partial charge on any atom is -0.478 e. The quantitative estimate of drug-likeness (QED) is 0.895. The summed E-state index contributed by atoms with van der Waals surface area (Å²) in [4.78, 5) is 11.1. The van der Waals surface area contributed by atoms with E-state index < -0.39 is 16.0 Å². The molecule has 21 heavy (non-hydrogen) atoms. The Morgan fingerprint density at radius 2 is 1.86 bits per heavy atom. The molecule has 0 bridgehead atoms. The highest BCUT2D eigenvalue weighted by Crippen LogP contribution is 2.25. The highest BCUT2D eigenvalue weighted by Gasteiger charge is 2.25. The third-order valence-corrected chi connectivity index (χ3v) is 5.61. The van der Waals surface area contributed by atoms with Crippen molar-refractivity contribution in [2.75, 3.05) is 0 Å². The van der Waals surface area contributed by atoms with Gasteiger partial charge < -0.3 is 5.11 Å². The molecule has 5 nitrogen and oxygen atoms in total. The molecule has 116 valence electrons. The van der Waals surface area contributed by atoms with Crippen molar-refractivity contribution in [3.8, 4) is 0 Å². The van der Waals surface area contributed by atoms with Crippen molar-refractivity contribution in [2.24, 2.45) is 5.92 Å². The van der Waals surface area contributed by atoms with Crippen LogP contribution in [0.5, 0.6) is 0 Å². The van der Waals surface area contributed by atoms with Crippen LogP contribution in [0.4, 0.5) is 0 Å². The summed E-state index contributed by atoms with van der Waals surface area (Å²) in [6.07, 6.45) is 3.69. The Bertz CT molecular complexity index is 631. The summed E-state index contributed by atoms with van der Waals surface area (Å²) in [5.41, 5.74) is 0.572. The molecule has 0 saturated heterocycles. The fourth-order valence-corrected chi connectivity index (χ4v) is 3.99. The van der Waals surface area contributed by atoms with Crippen molar-refractivity contribution in [1.29, 1.82) is 0 Å². The third kappa shape index (κ3) is 3.83. The van der Waals surface area contributed by atoms with E-state index in [-0.39, 0.29) is 16.5 Å². The molecular weight excluding hydrogens is 290 g/mol. The van der Waals surface area contributed by atoms with Gasteiger partial charge in [-0.15, -0.1) is 0 Å². The van der Waals surface area contributed by atoms with Gasteiger partial charge in [0.25, 0.3) is 0 Å². The molecule has 0 aromatic heterocycles. The molecule has 2 rings (SSSR count). The van der Waals surface area contributed by atoms with Gasteiger partial charge in [-0.1, -0.05) is 13.0 Å². The number of rotatable bonds is 4. The van der Waals surface area contributed by atoms with Crippen LogP contribution in [0.15, 0.2) is 23.1 Å². The van der Waals surface area contributed by atoms with Crippen LogP contribution in [0, 0.1) is 12.8 Å². The summed E-state index contributed by atoms with van der Waals surface area (Å²) in [6.45, 7) is 3.82. The molecule has 0 heterocycles. The van der Waals surface area contributed by atoms with Gasteiger partial charge in [-0.3, -0.25) is 0 Å². The first-order valence-electron chi connectivity index (χ1n) is 7.16. The van der Waals surface area contributed by atoms with Crippen LogP contribution in [0.2, 0.25) is 0 Å². The van der Waals surface area contributed by atoms with Crippen molar-refractivity contribution in [3.05, 3.63) is 29.3 Å². The van der Waals surface area contributed by atoms with Crippen molar-refractivity contribution in [1.82, 2.24) is 4.72 Å². The number of carbonyl (C=O) groups is 1. The zero-order chi connectivity index (χ0) is 15.6. The average Bonchev–Trinajstić information content (AvgIpc) is 2.41. The molecule has 0 atom stereocenters. The first-order valence-corrected chi connectivity index (χ1v) is 8.64. The largest absolute Gasteiger partial charge is 0.478 e. The van der Waals surface area contributed by atoms with Gasteiger partial charge in [-0.25, -0.2) is 17.9 Å². The highest BCUT2D eigenvalue weighted by molar-refractivity contribution is 7.89. The van der Waals surface area contributed by atoms with Crippen LogP contribution in [-0.2, 0) is 10.0 Å². The molecule has 0 amide bonds. The van der Waals surface area contributed by atoms with Crippen LogP contribution in [0.3, 0.4) is 0 Å². The van der Waals surface area contributed by atoms with Gasteiger partial charge in [-0.2, -0.15) is 0 Å². The second kappa shape index (κ2) is 6.15. The van der Waals surface area contributed by atoms with E-state index in [4.69, 9.17) is 5.11 Å². The van der Waals surface area contributed by atoms with E-state index in [9.17, 15) is 13.2 Å². The topological polar surface area (TPSA) is 83.5 Å². The summed E-state index contributed by atoms with van der Waals surface area (Å²) >= 11 is 0. The molecular formula is C15H21NO4S. The van der Waals surface area contributed by atoms with Gasteiger partial charge in [0.1, 0.15) is 0 Å². The normalized spacial score (nSPS) is 23.0. The predicted molar refractivity (Wildman–Crippen MR) is 79.9 cm³/mol. The van der Waals surface area contributed by atoms with Crippen LogP contribution in [-0.4, -0.2) is 25.5 Å². The lowest BCUT2D eigenvalue weighted by atomic mass is 9.88. The Morgan fingerprint density at radius 1 is 1.24 bits per heavy atom. The van der Waals surface area contributed by atoms with E-state index >= 15 is 0 Å². The van der Waals surface area contributed by atoms with Crippen LogP contribution >= 0.6 is 0 Å². The molecule has 0 radical (unpaired) electrons. The SMILES string of the molecule is Cc1ccc(S(=O)(=O)NC2CCC(C)CC2)cc1C(=O)O. The predicted octanol–water partition coefficient (Wildman–Crippen LogP) is 2.55. The summed E-state index contributed by atoms with van der Waals surface area (Å²) in [5, 5.41) is 9.09. The van der Waals surface area contributed by atoms with E-state index in [2.05, 4.69) is 11.6 Å². The Morgan fingerprint density at radius 3 is 2.43 bits per heavy atom. The smallest absolute Gasteiger partial charge is 0.335 e. The lowest BCUT2D eigenvalue weighted by Gasteiger charge is -2.26. The summed E-state index contributed by atoms with van der Waals surface area (Å²) in [7, 11) is -3.66. The number of hydrogen-bond acceptors (Lipinski definition) is 3. The van der Waals surface area contributed by atoms with E-state index in [0.717, 1.165) is 25.7 Å². The molecule has 1 aromatic rings. The molecule has 2 N–H and O–H groups in total. The van der Waals surface area contributed by atoms with Gasteiger partial charge >= 0.3 is 5.97 Å². The number of benzene rings is 1. The zero-order valence-corrected chi connectivity index (χ0v) is 13.1. The molecule has 1 fully saturated rings. The fourth-order valence-electron chi connectivity index (χ4n) is 2.66. The Kier molecular flexibility index (Phi) is 4.68. The molecule has 1 aliphatic rings. The number of carboxylic acid groups (broad SMARTS) is 1. The Labute approximate surface area is 125 Å². The molecule has 0 unspecified atom stereocenters. The lowest BCUT2D eigenvalue weighted by Crippen LogP contribution is -2.37. The van der Waals surface area contributed by atoms with Gasteiger partial charge in [-0.05, 0) is 56.2 Å². The van der Waals surface area contributed by atoms with Gasteiger partial charge in [0.15, 0.2) is 0 Å². The van der Waals surface area contributed by atoms with E-state index in [1.54, 1.807) is 6.92 Å². The standard InChI is InChI=1S/C15H21NO4S/c1-10-3-6-12(7-4-10)16-21(19,20)13-8-5-11(2)14(9-13)15(17)18/h5,8-10,12,16H,3-4,6-7H2,1-2H3,(H,17,18). The number of aryl methyl sites for hydroxylation is 1. The lowest BCUT2D eigenvalue weighted by molar-refractivity contribution is 0.0696. The number of sulfonamides is 1. The summed E-state index contributed by atoms with van der Waals surface area (Å²) in [6, 6.07) is 4.16. The van der Waals surface area contributed by atoms with Crippen molar-refractivity contribution >= 4 is 16.0 Å². The Hall–Kier alpha value is -1.40. The van der Waals surface area contributed by atoms with Gasteiger partial charge in [0, 0.05) is 6.04 Å². The second-order valence-corrected chi connectivity index (χ2v) is 7.57. The monoisotopic (exact) mass is 311 g/mol. The molecule has 1 saturated carbocycles. The number of hydrogen-bond donors (Lipinski definition) is 2. The maximum Gasteiger partial charge on any atom is 0.335 e. The zero-order valence-electron chi connectivity index (χ0n) is 12.3. The molecule has 0 aliphatic heterocycles. The molecule has 0 spiro atoms. The Balaban J connectivity index is 2.20. The molecule has 1 aliphatic carbocycles. The highest BCUT2D eigenvalue weighted by atomic mass is 32.2. The first-order chi connectivity index (χ1) is 9.79. The second-order valence-electron chi connectivity index (χ2n) is 5.86. The van der Waals surface area contributed by atoms with Crippen molar-refractivity contribution in [3.63, 3.8) is 0 Å². The molecule has 6 heteroatoms. The van der Waals surface area contributed by atoms with Crippen LogP contribution in [0.25, 0.3) is 0 Å². The van der Waals surface area contributed by atoms with Crippen LogP contribution < -0.4 is 4.72 Å². The van der Waals surface area contributed by atoms with Gasteiger partial charge in [0.2, 0.25) is 10.0 Å². The fraction of sp³-hybridized carbons (Fsp3) is 0.533. The first kappa shape index (κ1) is 16.0. The minimum atomic E-state index is -3.66. The van der Waals surface area contributed by atoms with Crippen molar-refractivity contribution < 1.29 is 18.3 Å². The number of nitrogens with one attached hydrogen (secondary N) is 1.